The number of fused-ring (bicyclic) bond motifs is 1. The summed E-state index contributed by atoms with van der Waals surface area (Å²) in [7, 11) is 0. The lowest BCUT2D eigenvalue weighted by atomic mass is 9.94. The minimum absolute atomic E-state index is 0.140. The molecule has 1 aromatic heterocycles. The predicted octanol–water partition coefficient (Wildman–Crippen LogP) is 3.94. The van der Waals surface area contributed by atoms with Crippen LogP contribution in [0.25, 0.3) is 0 Å². The van der Waals surface area contributed by atoms with Gasteiger partial charge in [-0.25, -0.2) is 0 Å². The Morgan fingerprint density at radius 3 is 2.95 bits per heavy atom. The summed E-state index contributed by atoms with van der Waals surface area (Å²) in [5.41, 5.74) is 2.27. The van der Waals surface area contributed by atoms with E-state index in [1.165, 1.54) is 5.56 Å². The Morgan fingerprint density at radius 2 is 2.16 bits per heavy atom. The molecule has 0 saturated carbocycles. The number of carbonyl (C=O) groups is 1. The first-order chi connectivity index (χ1) is 9.24. The van der Waals surface area contributed by atoms with Crippen LogP contribution in [0.4, 0.5) is 0 Å². The minimum atomic E-state index is -0.397. The van der Waals surface area contributed by atoms with Crippen molar-refractivity contribution in [1.29, 1.82) is 0 Å². The summed E-state index contributed by atoms with van der Waals surface area (Å²) in [4.78, 5) is 13.5. The van der Waals surface area contributed by atoms with Crippen LogP contribution in [0, 0.1) is 0 Å². The van der Waals surface area contributed by atoms with Gasteiger partial charge in [0.15, 0.2) is 5.78 Å². The lowest BCUT2D eigenvalue weighted by molar-refractivity contribution is -0.131. The van der Waals surface area contributed by atoms with Crippen LogP contribution >= 0.6 is 27.3 Å². The standard InChI is InChI=1S/C15H13BrO2S/c16-14-6-5-11(19-14)9-13(17)15-12-4-2-1-3-10(12)7-8-18-15/h1-6,15H,7-9H2. The van der Waals surface area contributed by atoms with E-state index in [0.717, 1.165) is 20.6 Å². The Hall–Kier alpha value is -0.970. The van der Waals surface area contributed by atoms with Gasteiger partial charge in [-0.3, -0.25) is 4.79 Å². The fourth-order valence-electron chi connectivity index (χ4n) is 2.37. The number of rotatable bonds is 3. The van der Waals surface area contributed by atoms with Crippen LogP contribution < -0.4 is 0 Å². The van der Waals surface area contributed by atoms with E-state index in [4.69, 9.17) is 4.74 Å². The molecule has 0 fully saturated rings. The quantitative estimate of drug-likeness (QED) is 0.848. The smallest absolute Gasteiger partial charge is 0.171 e. The van der Waals surface area contributed by atoms with Crippen LogP contribution in [0.15, 0.2) is 40.2 Å². The lowest BCUT2D eigenvalue weighted by Crippen LogP contribution is -2.24. The summed E-state index contributed by atoms with van der Waals surface area (Å²) in [5, 5.41) is 0. The summed E-state index contributed by atoms with van der Waals surface area (Å²) < 4.78 is 6.74. The average Bonchev–Trinajstić information content (AvgIpc) is 2.83. The number of hydrogen-bond donors (Lipinski definition) is 0. The molecule has 1 unspecified atom stereocenters. The number of hydrogen-bond acceptors (Lipinski definition) is 3. The van der Waals surface area contributed by atoms with Crippen molar-refractivity contribution in [3.63, 3.8) is 0 Å². The van der Waals surface area contributed by atoms with Gasteiger partial charge in [-0.15, -0.1) is 11.3 Å². The van der Waals surface area contributed by atoms with Crippen molar-refractivity contribution < 1.29 is 9.53 Å². The fourth-order valence-corrected chi connectivity index (χ4v) is 3.86. The molecule has 0 saturated heterocycles. The molecule has 0 amide bonds. The Labute approximate surface area is 124 Å². The van der Waals surface area contributed by atoms with Gasteiger partial charge >= 0.3 is 0 Å². The van der Waals surface area contributed by atoms with Gasteiger partial charge in [0.05, 0.1) is 10.4 Å². The second-order valence-electron chi connectivity index (χ2n) is 4.55. The third-order valence-corrected chi connectivity index (χ3v) is 4.89. The van der Waals surface area contributed by atoms with E-state index in [1.807, 2.05) is 30.3 Å². The minimum Gasteiger partial charge on any atom is -0.365 e. The van der Waals surface area contributed by atoms with Gasteiger partial charge in [0.25, 0.3) is 0 Å². The summed E-state index contributed by atoms with van der Waals surface area (Å²) in [6.45, 7) is 0.627. The van der Waals surface area contributed by atoms with Crippen molar-refractivity contribution >= 4 is 33.0 Å². The molecule has 98 valence electrons. The molecule has 2 nitrogen and oxygen atoms in total. The Balaban J connectivity index is 1.81. The Bertz CT molecular complexity index is 606. The van der Waals surface area contributed by atoms with E-state index in [2.05, 4.69) is 22.0 Å². The van der Waals surface area contributed by atoms with Crippen molar-refractivity contribution in [3.05, 3.63) is 56.2 Å². The summed E-state index contributed by atoms with van der Waals surface area (Å²) in [5.74, 6) is 0.140. The van der Waals surface area contributed by atoms with Gasteiger partial charge in [0, 0.05) is 11.3 Å². The van der Waals surface area contributed by atoms with E-state index >= 15 is 0 Å². The van der Waals surface area contributed by atoms with Crippen LogP contribution in [0.1, 0.15) is 22.1 Å². The molecule has 1 atom stereocenters. The SMILES string of the molecule is O=C(Cc1ccc(Br)s1)C1OCCc2ccccc21. The first kappa shape index (κ1) is 13.0. The molecule has 2 aromatic rings. The number of ether oxygens (including phenoxy) is 1. The van der Waals surface area contributed by atoms with Crippen LogP contribution in [0.3, 0.4) is 0 Å². The molecule has 1 aliphatic heterocycles. The second kappa shape index (κ2) is 5.57. The number of carbonyl (C=O) groups excluding carboxylic acids is 1. The zero-order valence-electron chi connectivity index (χ0n) is 10.3. The fraction of sp³-hybridized carbons (Fsp3) is 0.267. The second-order valence-corrected chi connectivity index (χ2v) is 7.10. The van der Waals surface area contributed by atoms with Gasteiger partial charge in [0.2, 0.25) is 0 Å². The predicted molar refractivity (Wildman–Crippen MR) is 79.6 cm³/mol. The number of thiophene rings is 1. The Morgan fingerprint density at radius 1 is 1.32 bits per heavy atom. The highest BCUT2D eigenvalue weighted by Crippen LogP contribution is 2.30. The van der Waals surface area contributed by atoms with E-state index < -0.39 is 6.10 Å². The third kappa shape index (κ3) is 2.81. The monoisotopic (exact) mass is 336 g/mol. The van der Waals surface area contributed by atoms with Crippen LogP contribution in [0.5, 0.6) is 0 Å². The average molecular weight is 337 g/mol. The molecule has 3 rings (SSSR count). The van der Waals surface area contributed by atoms with E-state index in [1.54, 1.807) is 11.3 Å². The molecule has 0 aliphatic carbocycles. The molecule has 0 radical (unpaired) electrons. The maximum atomic E-state index is 12.4. The Kier molecular flexibility index (Phi) is 3.82. The highest BCUT2D eigenvalue weighted by molar-refractivity contribution is 9.11. The number of ketones is 1. The normalized spacial score (nSPS) is 18.1. The number of benzene rings is 1. The highest BCUT2D eigenvalue weighted by atomic mass is 79.9. The molecule has 4 heteroatoms. The largest absolute Gasteiger partial charge is 0.365 e. The molecule has 0 spiro atoms. The first-order valence-electron chi connectivity index (χ1n) is 6.20. The van der Waals surface area contributed by atoms with Gasteiger partial charge in [-0.1, -0.05) is 24.3 Å². The summed E-state index contributed by atoms with van der Waals surface area (Å²) >= 11 is 5.02. The van der Waals surface area contributed by atoms with Crippen molar-refractivity contribution in [1.82, 2.24) is 0 Å². The molecule has 2 heterocycles. The molecule has 19 heavy (non-hydrogen) atoms. The molecule has 1 aromatic carbocycles. The van der Waals surface area contributed by atoms with Gasteiger partial charge < -0.3 is 4.74 Å². The van der Waals surface area contributed by atoms with Crippen molar-refractivity contribution in [2.24, 2.45) is 0 Å². The molecule has 0 N–H and O–H groups in total. The van der Waals surface area contributed by atoms with E-state index in [9.17, 15) is 4.79 Å². The van der Waals surface area contributed by atoms with Crippen molar-refractivity contribution in [2.45, 2.75) is 18.9 Å². The van der Waals surface area contributed by atoms with Crippen molar-refractivity contribution in [2.75, 3.05) is 6.61 Å². The van der Waals surface area contributed by atoms with Gasteiger partial charge in [0.1, 0.15) is 6.10 Å². The summed E-state index contributed by atoms with van der Waals surface area (Å²) in [6, 6.07) is 12.0. The molecule has 1 aliphatic rings. The lowest BCUT2D eigenvalue weighted by Gasteiger charge is -2.24. The van der Waals surface area contributed by atoms with Crippen LogP contribution in [0.2, 0.25) is 0 Å². The molecular weight excluding hydrogens is 324 g/mol. The molecule has 0 bridgehead atoms. The number of Topliss-reactive ketones (excluding diaryl/α,β-unsaturated/α-hetero) is 1. The number of halogens is 1. The van der Waals surface area contributed by atoms with E-state index in [0.29, 0.717) is 13.0 Å². The zero-order chi connectivity index (χ0) is 13.2. The first-order valence-corrected chi connectivity index (χ1v) is 7.81. The van der Waals surface area contributed by atoms with Crippen molar-refractivity contribution in [3.8, 4) is 0 Å². The van der Waals surface area contributed by atoms with E-state index in [-0.39, 0.29) is 5.78 Å². The van der Waals surface area contributed by atoms with Gasteiger partial charge in [-0.05, 0) is 45.6 Å². The topological polar surface area (TPSA) is 26.3 Å². The molecular formula is C15H13BrO2S. The maximum absolute atomic E-state index is 12.4. The van der Waals surface area contributed by atoms with Gasteiger partial charge in [-0.2, -0.15) is 0 Å². The summed E-state index contributed by atoms with van der Waals surface area (Å²) in [6.07, 6.45) is 0.936. The zero-order valence-corrected chi connectivity index (χ0v) is 12.7. The van der Waals surface area contributed by atoms with Crippen LogP contribution in [-0.2, 0) is 22.4 Å². The third-order valence-electron chi connectivity index (χ3n) is 3.26. The van der Waals surface area contributed by atoms with Crippen LogP contribution in [-0.4, -0.2) is 12.4 Å². The maximum Gasteiger partial charge on any atom is 0.171 e. The highest BCUT2D eigenvalue weighted by Gasteiger charge is 2.27.